The molecule has 0 radical (unpaired) electrons. The number of nitrogens with zero attached hydrogens (tertiary/aromatic N) is 3. The molecule has 0 aliphatic carbocycles. The van der Waals surface area contributed by atoms with Gasteiger partial charge in [-0.15, -0.1) is 0 Å². The minimum Gasteiger partial charge on any atom is -0.491 e. The second-order valence-electron chi connectivity index (χ2n) is 7.72. The molecule has 1 fully saturated rings. The number of nitrogens with one attached hydrogen (secondary N) is 1. The Kier molecular flexibility index (Phi) is 8.66. The minimum atomic E-state index is -0.278. The zero-order chi connectivity index (χ0) is 22.1. The molecular formula is C23H32N4O4. The van der Waals surface area contributed by atoms with Crippen molar-refractivity contribution in [2.24, 2.45) is 0 Å². The predicted molar refractivity (Wildman–Crippen MR) is 120 cm³/mol. The summed E-state index contributed by atoms with van der Waals surface area (Å²) in [6.45, 7) is 5.06. The highest BCUT2D eigenvalue weighted by molar-refractivity contribution is 5.77. The quantitative estimate of drug-likeness (QED) is 0.342. The van der Waals surface area contributed by atoms with E-state index in [0.29, 0.717) is 13.2 Å². The van der Waals surface area contributed by atoms with E-state index in [-0.39, 0.29) is 19.0 Å². The highest BCUT2D eigenvalue weighted by Gasteiger charge is 2.19. The number of hydrogen-bond acceptors (Lipinski definition) is 7. The normalized spacial score (nSPS) is 14.9. The fourth-order valence-electron chi connectivity index (χ4n) is 3.28. The zero-order valence-corrected chi connectivity index (χ0v) is 18.3. The molecule has 0 aromatic heterocycles. The highest BCUT2D eigenvalue weighted by atomic mass is 16.5. The SMILES string of the molecule is COCCOc1ccc(Nc2ccc(CN(O)C(=O)CN3CCN(C)CC3)cc2)cc1. The Morgan fingerprint density at radius 2 is 1.61 bits per heavy atom. The fraction of sp³-hybridized carbons (Fsp3) is 0.435. The number of likely N-dealkylation sites (N-methyl/N-ethyl adjacent to an activating group) is 1. The van der Waals surface area contributed by atoms with E-state index in [9.17, 15) is 10.0 Å². The average Bonchev–Trinajstić information content (AvgIpc) is 2.78. The Morgan fingerprint density at radius 3 is 2.23 bits per heavy atom. The maximum absolute atomic E-state index is 12.3. The van der Waals surface area contributed by atoms with Crippen LogP contribution in [0.1, 0.15) is 5.56 Å². The van der Waals surface area contributed by atoms with Crippen molar-refractivity contribution in [2.75, 3.05) is 65.4 Å². The predicted octanol–water partition coefficient (Wildman–Crippen LogP) is 2.42. The third kappa shape index (κ3) is 7.52. The van der Waals surface area contributed by atoms with Crippen LogP contribution in [0.25, 0.3) is 0 Å². The van der Waals surface area contributed by atoms with Gasteiger partial charge in [-0.05, 0) is 49.0 Å². The van der Waals surface area contributed by atoms with Gasteiger partial charge in [-0.25, -0.2) is 5.06 Å². The van der Waals surface area contributed by atoms with Gasteiger partial charge in [0.15, 0.2) is 0 Å². The van der Waals surface area contributed by atoms with Crippen LogP contribution in [0.15, 0.2) is 48.5 Å². The molecule has 0 unspecified atom stereocenters. The lowest BCUT2D eigenvalue weighted by atomic mass is 10.2. The van der Waals surface area contributed by atoms with Gasteiger partial charge in [0.1, 0.15) is 12.4 Å². The number of benzene rings is 2. The van der Waals surface area contributed by atoms with Gasteiger partial charge < -0.3 is 19.7 Å². The van der Waals surface area contributed by atoms with Gasteiger partial charge in [-0.1, -0.05) is 12.1 Å². The van der Waals surface area contributed by atoms with E-state index < -0.39 is 0 Å². The molecule has 0 spiro atoms. The molecule has 1 heterocycles. The van der Waals surface area contributed by atoms with E-state index in [4.69, 9.17) is 9.47 Å². The van der Waals surface area contributed by atoms with E-state index in [0.717, 1.165) is 53.9 Å². The monoisotopic (exact) mass is 428 g/mol. The summed E-state index contributed by atoms with van der Waals surface area (Å²) in [6, 6.07) is 15.4. The first-order valence-corrected chi connectivity index (χ1v) is 10.5. The molecule has 2 aromatic carbocycles. The van der Waals surface area contributed by atoms with Gasteiger partial charge in [0.25, 0.3) is 5.91 Å². The van der Waals surface area contributed by atoms with Crippen molar-refractivity contribution in [3.63, 3.8) is 0 Å². The van der Waals surface area contributed by atoms with Gasteiger partial charge >= 0.3 is 0 Å². The van der Waals surface area contributed by atoms with Gasteiger partial charge in [0.05, 0.1) is 19.7 Å². The summed E-state index contributed by atoms with van der Waals surface area (Å²) in [5.74, 6) is 0.516. The molecule has 1 saturated heterocycles. The summed E-state index contributed by atoms with van der Waals surface area (Å²) < 4.78 is 10.5. The number of rotatable bonds is 10. The van der Waals surface area contributed by atoms with Crippen LogP contribution in [-0.4, -0.2) is 86.1 Å². The Hall–Kier alpha value is -2.65. The number of carbonyl (C=O) groups is 1. The van der Waals surface area contributed by atoms with Gasteiger partial charge in [-0.2, -0.15) is 0 Å². The van der Waals surface area contributed by atoms with Gasteiger partial charge in [-0.3, -0.25) is 14.9 Å². The Labute approximate surface area is 183 Å². The van der Waals surface area contributed by atoms with Crippen LogP contribution in [0.4, 0.5) is 11.4 Å². The number of ether oxygens (including phenoxy) is 2. The maximum Gasteiger partial charge on any atom is 0.260 e. The maximum atomic E-state index is 12.3. The van der Waals surface area contributed by atoms with Crippen LogP contribution >= 0.6 is 0 Å². The Morgan fingerprint density at radius 1 is 1.00 bits per heavy atom. The molecule has 3 rings (SSSR count). The second kappa shape index (κ2) is 11.7. The first kappa shape index (κ1) is 23.0. The lowest BCUT2D eigenvalue weighted by Crippen LogP contribution is -2.48. The third-order valence-electron chi connectivity index (χ3n) is 5.23. The molecule has 1 aliphatic heterocycles. The summed E-state index contributed by atoms with van der Waals surface area (Å²) in [6.07, 6.45) is 0. The molecule has 8 heteroatoms. The van der Waals surface area contributed by atoms with Crippen molar-refractivity contribution in [1.29, 1.82) is 0 Å². The number of hydrogen-bond donors (Lipinski definition) is 2. The average molecular weight is 429 g/mol. The fourth-order valence-corrected chi connectivity index (χ4v) is 3.28. The molecule has 1 amide bonds. The van der Waals surface area contributed by atoms with E-state index >= 15 is 0 Å². The summed E-state index contributed by atoms with van der Waals surface area (Å²) in [5, 5.41) is 14.3. The smallest absolute Gasteiger partial charge is 0.260 e. The standard InChI is InChI=1S/C23H32N4O4/c1-25-11-13-26(14-12-25)18-23(28)27(29)17-19-3-5-20(6-4-19)24-21-7-9-22(10-8-21)31-16-15-30-2/h3-10,24,29H,11-18H2,1-2H3. The minimum absolute atomic E-state index is 0.167. The largest absolute Gasteiger partial charge is 0.491 e. The molecule has 0 atom stereocenters. The Bertz CT molecular complexity index is 805. The van der Waals surface area contributed by atoms with Crippen molar-refractivity contribution in [3.05, 3.63) is 54.1 Å². The molecule has 0 saturated carbocycles. The second-order valence-corrected chi connectivity index (χ2v) is 7.72. The third-order valence-corrected chi connectivity index (χ3v) is 5.23. The number of piperazine rings is 1. The first-order valence-electron chi connectivity index (χ1n) is 10.5. The molecular weight excluding hydrogens is 396 g/mol. The first-order chi connectivity index (χ1) is 15.0. The lowest BCUT2D eigenvalue weighted by molar-refractivity contribution is -0.169. The summed E-state index contributed by atoms with van der Waals surface area (Å²) in [7, 11) is 3.72. The van der Waals surface area contributed by atoms with E-state index in [1.165, 1.54) is 0 Å². The summed E-state index contributed by atoms with van der Waals surface area (Å²) in [4.78, 5) is 16.6. The van der Waals surface area contributed by atoms with Crippen LogP contribution < -0.4 is 10.1 Å². The van der Waals surface area contributed by atoms with Crippen molar-refractivity contribution in [2.45, 2.75) is 6.54 Å². The highest BCUT2D eigenvalue weighted by Crippen LogP contribution is 2.21. The number of hydroxylamine groups is 2. The van der Waals surface area contributed by atoms with Gasteiger partial charge in [0.2, 0.25) is 0 Å². The van der Waals surface area contributed by atoms with Crippen molar-refractivity contribution in [1.82, 2.24) is 14.9 Å². The van der Waals surface area contributed by atoms with Crippen LogP contribution in [0.5, 0.6) is 5.75 Å². The van der Waals surface area contributed by atoms with E-state index in [2.05, 4.69) is 22.2 Å². The van der Waals surface area contributed by atoms with Crippen LogP contribution in [0.2, 0.25) is 0 Å². The topological polar surface area (TPSA) is 77.5 Å². The lowest BCUT2D eigenvalue weighted by Gasteiger charge is -2.32. The molecule has 0 bridgehead atoms. The molecule has 2 N–H and O–H groups in total. The number of anilines is 2. The molecule has 8 nitrogen and oxygen atoms in total. The van der Waals surface area contributed by atoms with E-state index in [1.54, 1.807) is 7.11 Å². The van der Waals surface area contributed by atoms with Crippen LogP contribution in [-0.2, 0) is 16.1 Å². The molecule has 1 aliphatic rings. The van der Waals surface area contributed by atoms with Gasteiger partial charge in [0, 0.05) is 44.7 Å². The Balaban J connectivity index is 1.45. The van der Waals surface area contributed by atoms with Crippen LogP contribution in [0, 0.1) is 0 Å². The van der Waals surface area contributed by atoms with Crippen molar-refractivity contribution < 1.29 is 19.5 Å². The molecule has 168 valence electrons. The van der Waals surface area contributed by atoms with Crippen molar-refractivity contribution in [3.8, 4) is 5.75 Å². The van der Waals surface area contributed by atoms with Crippen LogP contribution in [0.3, 0.4) is 0 Å². The molecule has 2 aromatic rings. The zero-order valence-electron chi connectivity index (χ0n) is 18.3. The number of carbonyl (C=O) groups excluding carboxylic acids is 1. The summed E-state index contributed by atoms with van der Waals surface area (Å²) in [5.41, 5.74) is 2.73. The summed E-state index contributed by atoms with van der Waals surface area (Å²) >= 11 is 0. The molecule has 31 heavy (non-hydrogen) atoms. The van der Waals surface area contributed by atoms with Crippen molar-refractivity contribution >= 4 is 17.3 Å². The van der Waals surface area contributed by atoms with E-state index in [1.807, 2.05) is 48.5 Å². The number of methoxy groups -OCH3 is 1. The number of amides is 1.